The second-order valence-corrected chi connectivity index (χ2v) is 7.54. The lowest BCUT2D eigenvalue weighted by molar-refractivity contribution is 0.588. The zero-order valence-electron chi connectivity index (χ0n) is 12.9. The lowest BCUT2D eigenvalue weighted by atomic mass is 10.2. The molecule has 0 saturated carbocycles. The molecule has 1 aliphatic rings. The van der Waals surface area contributed by atoms with Gasteiger partial charge in [-0.2, -0.15) is 5.10 Å². The first-order valence-corrected chi connectivity index (χ1v) is 9.24. The number of pyridine rings is 1. The number of rotatable bonds is 3. The molecule has 0 amide bonds. The molecule has 0 unspecified atom stereocenters. The molecule has 8 heteroatoms. The molecule has 1 fully saturated rings. The SMILES string of the molecule is O=S(=O)(c1ccccc1)c1n[nH]c2ncc(N3CCNCC3)cc12. The van der Waals surface area contributed by atoms with E-state index in [1.54, 1.807) is 36.5 Å². The average molecular weight is 343 g/mol. The summed E-state index contributed by atoms with van der Waals surface area (Å²) >= 11 is 0. The van der Waals surface area contributed by atoms with Crippen molar-refractivity contribution in [2.75, 3.05) is 31.1 Å². The number of anilines is 1. The molecule has 0 spiro atoms. The minimum absolute atomic E-state index is 0.0215. The summed E-state index contributed by atoms with van der Waals surface area (Å²) in [5.74, 6) is 0. The predicted molar refractivity (Wildman–Crippen MR) is 90.9 cm³/mol. The van der Waals surface area contributed by atoms with Crippen LogP contribution in [0.2, 0.25) is 0 Å². The van der Waals surface area contributed by atoms with E-state index in [0.29, 0.717) is 11.0 Å². The Morgan fingerprint density at radius 2 is 1.83 bits per heavy atom. The maximum Gasteiger partial charge on any atom is 0.226 e. The number of H-pyrrole nitrogens is 1. The van der Waals surface area contributed by atoms with E-state index in [4.69, 9.17) is 0 Å². The first kappa shape index (κ1) is 15.1. The highest BCUT2D eigenvalue weighted by molar-refractivity contribution is 7.91. The molecule has 3 heterocycles. The van der Waals surface area contributed by atoms with Gasteiger partial charge in [0.1, 0.15) is 0 Å². The molecule has 1 saturated heterocycles. The Labute approximate surface area is 139 Å². The molecule has 2 aromatic heterocycles. The van der Waals surface area contributed by atoms with Crippen LogP contribution < -0.4 is 10.2 Å². The van der Waals surface area contributed by atoms with E-state index in [2.05, 4.69) is 25.4 Å². The predicted octanol–water partition coefficient (Wildman–Crippen LogP) is 1.20. The molecule has 0 atom stereocenters. The highest BCUT2D eigenvalue weighted by atomic mass is 32.2. The van der Waals surface area contributed by atoms with Gasteiger partial charge in [-0.15, -0.1) is 0 Å². The number of nitrogens with zero attached hydrogens (tertiary/aromatic N) is 3. The largest absolute Gasteiger partial charge is 0.368 e. The lowest BCUT2D eigenvalue weighted by Crippen LogP contribution is -2.43. The van der Waals surface area contributed by atoms with Crippen molar-refractivity contribution in [1.29, 1.82) is 0 Å². The Balaban J connectivity index is 1.81. The van der Waals surface area contributed by atoms with Gasteiger partial charge in [-0.1, -0.05) is 18.2 Å². The Morgan fingerprint density at radius 3 is 2.58 bits per heavy atom. The van der Waals surface area contributed by atoms with Gasteiger partial charge in [0.05, 0.1) is 22.2 Å². The van der Waals surface area contributed by atoms with Gasteiger partial charge in [-0.25, -0.2) is 13.4 Å². The van der Waals surface area contributed by atoms with Gasteiger partial charge in [-0.3, -0.25) is 5.10 Å². The van der Waals surface area contributed by atoms with E-state index in [9.17, 15) is 8.42 Å². The fourth-order valence-corrected chi connectivity index (χ4v) is 4.23. The van der Waals surface area contributed by atoms with Crippen LogP contribution in [0.25, 0.3) is 11.0 Å². The molecule has 7 nitrogen and oxygen atoms in total. The van der Waals surface area contributed by atoms with Crippen LogP contribution in [0.4, 0.5) is 5.69 Å². The number of nitrogens with one attached hydrogen (secondary N) is 2. The molecule has 3 aromatic rings. The van der Waals surface area contributed by atoms with E-state index < -0.39 is 9.84 Å². The number of hydrogen-bond donors (Lipinski definition) is 2. The Kier molecular flexibility index (Phi) is 3.70. The van der Waals surface area contributed by atoms with Crippen molar-refractivity contribution in [2.24, 2.45) is 0 Å². The minimum atomic E-state index is -3.68. The third-order valence-electron chi connectivity index (χ3n) is 4.16. The van der Waals surface area contributed by atoms with Crippen LogP contribution in [0.1, 0.15) is 0 Å². The summed E-state index contributed by atoms with van der Waals surface area (Å²) in [6.45, 7) is 3.54. The summed E-state index contributed by atoms with van der Waals surface area (Å²) in [4.78, 5) is 6.76. The van der Waals surface area contributed by atoms with E-state index >= 15 is 0 Å². The van der Waals surface area contributed by atoms with Crippen LogP contribution in [0, 0.1) is 0 Å². The molecule has 0 aliphatic carbocycles. The molecule has 4 rings (SSSR count). The van der Waals surface area contributed by atoms with E-state index in [0.717, 1.165) is 31.9 Å². The van der Waals surface area contributed by atoms with Crippen molar-refractivity contribution in [3.63, 3.8) is 0 Å². The van der Waals surface area contributed by atoms with E-state index in [-0.39, 0.29) is 9.92 Å². The number of aromatic amines is 1. The summed E-state index contributed by atoms with van der Waals surface area (Å²) < 4.78 is 25.7. The van der Waals surface area contributed by atoms with Crippen LogP contribution in [-0.4, -0.2) is 49.8 Å². The van der Waals surface area contributed by atoms with Crippen LogP contribution in [0.3, 0.4) is 0 Å². The monoisotopic (exact) mass is 343 g/mol. The molecule has 0 bridgehead atoms. The molecule has 1 aliphatic heterocycles. The Morgan fingerprint density at radius 1 is 1.08 bits per heavy atom. The van der Waals surface area contributed by atoms with Gasteiger partial charge < -0.3 is 10.2 Å². The normalized spacial score (nSPS) is 15.8. The molecule has 2 N–H and O–H groups in total. The fourth-order valence-electron chi connectivity index (χ4n) is 2.88. The maximum atomic E-state index is 12.9. The van der Waals surface area contributed by atoms with Crippen molar-refractivity contribution in [1.82, 2.24) is 20.5 Å². The average Bonchev–Trinajstić information content (AvgIpc) is 3.07. The number of benzene rings is 1. The number of sulfone groups is 1. The highest BCUT2D eigenvalue weighted by Crippen LogP contribution is 2.28. The second kappa shape index (κ2) is 5.88. The van der Waals surface area contributed by atoms with Gasteiger partial charge >= 0.3 is 0 Å². The van der Waals surface area contributed by atoms with Crippen molar-refractivity contribution in [3.05, 3.63) is 42.6 Å². The number of piperazine rings is 1. The Bertz CT molecular complexity index is 963. The number of aromatic nitrogens is 3. The van der Waals surface area contributed by atoms with Crippen LogP contribution in [0.5, 0.6) is 0 Å². The summed E-state index contributed by atoms with van der Waals surface area (Å²) in [5, 5.41) is 10.6. The third kappa shape index (κ3) is 2.53. The minimum Gasteiger partial charge on any atom is -0.368 e. The van der Waals surface area contributed by atoms with Crippen molar-refractivity contribution >= 4 is 26.6 Å². The van der Waals surface area contributed by atoms with Gasteiger partial charge in [0.25, 0.3) is 0 Å². The van der Waals surface area contributed by atoms with Gasteiger partial charge in [0, 0.05) is 26.2 Å². The van der Waals surface area contributed by atoms with Crippen molar-refractivity contribution in [3.8, 4) is 0 Å². The molecule has 0 radical (unpaired) electrons. The Hall–Kier alpha value is -2.45. The summed E-state index contributed by atoms with van der Waals surface area (Å²) in [6, 6.07) is 10.2. The molecule has 24 heavy (non-hydrogen) atoms. The summed E-state index contributed by atoms with van der Waals surface area (Å²) in [7, 11) is -3.68. The standard InChI is InChI=1S/C16H17N5O2S/c22-24(23,13-4-2-1-3-5-13)16-14-10-12(11-18-15(14)19-20-16)21-8-6-17-7-9-21/h1-5,10-11,17H,6-9H2,(H,18,19,20). The second-order valence-electron chi connectivity index (χ2n) is 5.67. The number of fused-ring (bicyclic) bond motifs is 1. The zero-order valence-corrected chi connectivity index (χ0v) is 13.8. The van der Waals surface area contributed by atoms with Gasteiger partial charge in [0.15, 0.2) is 10.7 Å². The summed E-state index contributed by atoms with van der Waals surface area (Å²) in [6.07, 6.45) is 1.75. The van der Waals surface area contributed by atoms with Crippen molar-refractivity contribution < 1.29 is 8.42 Å². The fraction of sp³-hybridized carbons (Fsp3) is 0.250. The summed E-state index contributed by atoms with van der Waals surface area (Å²) in [5.41, 5.74) is 1.39. The molecular formula is C16H17N5O2S. The molecule has 124 valence electrons. The smallest absolute Gasteiger partial charge is 0.226 e. The van der Waals surface area contributed by atoms with Gasteiger partial charge in [0.2, 0.25) is 9.84 Å². The van der Waals surface area contributed by atoms with Crippen LogP contribution in [-0.2, 0) is 9.84 Å². The maximum absolute atomic E-state index is 12.9. The van der Waals surface area contributed by atoms with Crippen molar-refractivity contribution in [2.45, 2.75) is 9.92 Å². The number of hydrogen-bond acceptors (Lipinski definition) is 6. The highest BCUT2D eigenvalue weighted by Gasteiger charge is 2.24. The molecular weight excluding hydrogens is 326 g/mol. The quantitative estimate of drug-likeness (QED) is 0.743. The third-order valence-corrected chi connectivity index (χ3v) is 5.87. The topological polar surface area (TPSA) is 91.0 Å². The first-order chi connectivity index (χ1) is 11.7. The molecule has 1 aromatic carbocycles. The first-order valence-electron chi connectivity index (χ1n) is 7.76. The van der Waals surface area contributed by atoms with Crippen LogP contribution >= 0.6 is 0 Å². The lowest BCUT2D eigenvalue weighted by Gasteiger charge is -2.29. The van der Waals surface area contributed by atoms with Crippen LogP contribution in [0.15, 0.2) is 52.5 Å². The van der Waals surface area contributed by atoms with Gasteiger partial charge in [-0.05, 0) is 18.2 Å². The zero-order chi connectivity index (χ0) is 16.6. The van der Waals surface area contributed by atoms with E-state index in [1.807, 2.05) is 6.07 Å². The van der Waals surface area contributed by atoms with E-state index in [1.165, 1.54) is 0 Å².